The number of hydrogen-bond acceptors (Lipinski definition) is 2. The molecule has 1 atom stereocenters. The molecule has 0 saturated carbocycles. The van der Waals surface area contributed by atoms with Gasteiger partial charge in [0.25, 0.3) is 0 Å². The maximum atomic E-state index is 13.5. The predicted molar refractivity (Wildman–Crippen MR) is 132 cm³/mol. The smallest absolute Gasteiger partial charge is 0.415 e. The molecule has 3 heterocycles. The van der Waals surface area contributed by atoms with E-state index < -0.39 is 0 Å². The first kappa shape index (κ1) is 24.6. The Bertz CT molecular complexity index is 1090. The molecule has 3 saturated heterocycles. The van der Waals surface area contributed by atoms with Crippen LogP contribution in [0.1, 0.15) is 24.0 Å². The van der Waals surface area contributed by atoms with Crippen LogP contribution in [0.2, 0.25) is 5.02 Å². The van der Waals surface area contributed by atoms with Crippen molar-refractivity contribution in [2.45, 2.75) is 32.0 Å². The molecule has 4 nitrogen and oxygen atoms in total. The summed E-state index contributed by atoms with van der Waals surface area (Å²) in [4.78, 5) is 15.2. The largest absolute Gasteiger partial charge is 1.00 e. The molecular weight excluding hydrogens is 467 g/mol. The van der Waals surface area contributed by atoms with Crippen LogP contribution in [0.25, 0.3) is 0 Å². The molecule has 3 aromatic carbocycles. The van der Waals surface area contributed by atoms with Crippen LogP contribution in [0.4, 0.5) is 10.5 Å². The molecule has 0 aromatic heterocycles. The molecule has 3 aliphatic heterocycles. The Labute approximate surface area is 213 Å². The summed E-state index contributed by atoms with van der Waals surface area (Å²) in [5, 5.41) is 0.823. The average Bonchev–Trinajstić information content (AvgIpc) is 2.86. The lowest BCUT2D eigenvalue weighted by Gasteiger charge is -2.52. The first-order valence-electron chi connectivity index (χ1n) is 11.8. The molecule has 3 fully saturated rings. The number of benzene rings is 3. The molecule has 3 aliphatic rings. The van der Waals surface area contributed by atoms with Crippen LogP contribution in [0.5, 0.6) is 0 Å². The minimum atomic E-state index is -0.264. The molecule has 6 rings (SSSR count). The van der Waals surface area contributed by atoms with Crippen molar-refractivity contribution in [3.8, 4) is 0 Å². The third-order valence-corrected chi connectivity index (χ3v) is 7.60. The van der Waals surface area contributed by atoms with E-state index in [0.29, 0.717) is 12.5 Å². The minimum absolute atomic E-state index is 0. The van der Waals surface area contributed by atoms with E-state index in [2.05, 4.69) is 12.1 Å². The zero-order chi connectivity index (χ0) is 22.7. The maximum absolute atomic E-state index is 13.5. The van der Waals surface area contributed by atoms with Gasteiger partial charge in [0, 0.05) is 35.0 Å². The van der Waals surface area contributed by atoms with Crippen molar-refractivity contribution in [3.63, 3.8) is 0 Å². The average molecular weight is 497 g/mol. The van der Waals surface area contributed by atoms with E-state index in [1.165, 1.54) is 5.56 Å². The molecule has 0 N–H and O–H groups in total. The summed E-state index contributed by atoms with van der Waals surface area (Å²) in [5.74, 6) is 0.439. The van der Waals surface area contributed by atoms with Crippen molar-refractivity contribution in [1.82, 2.24) is 0 Å². The number of amides is 1. The number of fused-ring (bicyclic) bond motifs is 3. The second-order valence-corrected chi connectivity index (χ2v) is 9.80. The number of carbonyl (C=O) groups is 1. The molecule has 3 aromatic rings. The number of anilines is 1. The summed E-state index contributed by atoms with van der Waals surface area (Å²) < 4.78 is 7.19. The van der Waals surface area contributed by atoms with Gasteiger partial charge in [-0.25, -0.2) is 4.79 Å². The zero-order valence-electron chi connectivity index (χ0n) is 19.2. The van der Waals surface area contributed by atoms with Crippen molar-refractivity contribution in [1.29, 1.82) is 0 Å². The third-order valence-electron chi connectivity index (χ3n) is 7.23. The van der Waals surface area contributed by atoms with Gasteiger partial charge in [0.1, 0.15) is 13.1 Å². The lowest BCUT2D eigenvalue weighted by atomic mass is 9.83. The fourth-order valence-corrected chi connectivity index (χ4v) is 5.59. The SMILES string of the molecule is O=C(O[C@H]1C[N+]2(Cc3ccccc3Cl)CCC1CC2)N(Cc1ccccc1)c1ccccc1.[Cl-]. The quantitative estimate of drug-likeness (QED) is 0.490. The Kier molecular flexibility index (Phi) is 7.82. The van der Waals surface area contributed by atoms with Crippen molar-refractivity contribution >= 4 is 23.4 Å². The van der Waals surface area contributed by atoms with Gasteiger partial charge in [0.05, 0.1) is 19.6 Å². The monoisotopic (exact) mass is 496 g/mol. The number of carbonyl (C=O) groups excluding carboxylic acids is 1. The summed E-state index contributed by atoms with van der Waals surface area (Å²) in [6.07, 6.45) is 1.85. The van der Waals surface area contributed by atoms with E-state index in [9.17, 15) is 4.79 Å². The molecule has 2 bridgehead atoms. The zero-order valence-corrected chi connectivity index (χ0v) is 20.7. The second kappa shape index (κ2) is 10.8. The molecule has 0 unspecified atom stereocenters. The van der Waals surface area contributed by atoms with Gasteiger partial charge in [-0.1, -0.05) is 78.3 Å². The van der Waals surface area contributed by atoms with Gasteiger partial charge in [-0.2, -0.15) is 0 Å². The molecule has 178 valence electrons. The van der Waals surface area contributed by atoms with E-state index in [0.717, 1.165) is 59.8 Å². The second-order valence-electron chi connectivity index (χ2n) is 9.39. The third kappa shape index (κ3) is 5.41. The van der Waals surface area contributed by atoms with Crippen molar-refractivity contribution in [2.75, 3.05) is 24.5 Å². The van der Waals surface area contributed by atoms with Crippen LogP contribution >= 0.6 is 11.6 Å². The summed E-state index contributed by atoms with van der Waals surface area (Å²) in [6.45, 7) is 4.48. The molecule has 34 heavy (non-hydrogen) atoms. The van der Waals surface area contributed by atoms with E-state index in [4.69, 9.17) is 16.3 Å². The maximum Gasteiger partial charge on any atom is 0.415 e. The molecule has 0 radical (unpaired) electrons. The summed E-state index contributed by atoms with van der Waals surface area (Å²) in [5.41, 5.74) is 3.11. The predicted octanol–water partition coefficient (Wildman–Crippen LogP) is 3.30. The summed E-state index contributed by atoms with van der Waals surface area (Å²) in [6, 6.07) is 28.0. The van der Waals surface area contributed by atoms with Crippen LogP contribution < -0.4 is 17.3 Å². The highest BCUT2D eigenvalue weighted by Gasteiger charge is 2.48. The fourth-order valence-electron chi connectivity index (χ4n) is 5.39. The highest BCUT2D eigenvalue weighted by molar-refractivity contribution is 6.31. The van der Waals surface area contributed by atoms with E-state index in [1.54, 1.807) is 4.90 Å². The number of rotatable bonds is 6. The van der Waals surface area contributed by atoms with E-state index >= 15 is 0 Å². The van der Waals surface area contributed by atoms with Crippen LogP contribution in [0.3, 0.4) is 0 Å². The van der Waals surface area contributed by atoms with Crippen LogP contribution in [0, 0.1) is 5.92 Å². The minimum Gasteiger partial charge on any atom is -1.00 e. The fraction of sp³-hybridized carbons (Fsp3) is 0.321. The number of ether oxygens (including phenoxy) is 1. The number of halogens is 2. The molecular formula is C28H30Cl2N2O2. The molecule has 6 heteroatoms. The van der Waals surface area contributed by atoms with Gasteiger partial charge >= 0.3 is 6.09 Å². The molecule has 0 aliphatic carbocycles. The number of para-hydroxylation sites is 1. The van der Waals surface area contributed by atoms with E-state index in [1.807, 2.05) is 72.8 Å². The highest BCUT2D eigenvalue weighted by Crippen LogP contribution is 2.38. The first-order chi connectivity index (χ1) is 16.1. The van der Waals surface area contributed by atoms with Crippen molar-refractivity contribution in [2.24, 2.45) is 5.92 Å². The lowest BCUT2D eigenvalue weighted by molar-refractivity contribution is -0.958. The standard InChI is InChI=1S/C28H30ClN2O2.ClH/c29-26-14-8-7-11-24(26)20-31-17-15-23(16-18-31)27(21-31)33-28(32)30(25-12-5-2-6-13-25)19-22-9-3-1-4-10-22;/h1-14,23,27H,15-21H2;1H/q+1;/p-1/t23?,27-,31?;/m0./s1. The van der Waals surface area contributed by atoms with Gasteiger partial charge in [-0.05, 0) is 23.8 Å². The van der Waals surface area contributed by atoms with Crippen LogP contribution in [0.15, 0.2) is 84.9 Å². The van der Waals surface area contributed by atoms with Crippen molar-refractivity contribution in [3.05, 3.63) is 101 Å². The normalized spacial score (nSPS) is 23.1. The number of quaternary nitrogens is 1. The Morgan fingerprint density at radius 1 is 0.912 bits per heavy atom. The lowest BCUT2D eigenvalue weighted by Crippen LogP contribution is -3.00. The highest BCUT2D eigenvalue weighted by atomic mass is 35.5. The van der Waals surface area contributed by atoms with E-state index in [-0.39, 0.29) is 24.6 Å². The van der Waals surface area contributed by atoms with Gasteiger partial charge in [0.2, 0.25) is 0 Å². The summed E-state index contributed by atoms with van der Waals surface area (Å²) in [7, 11) is 0. The Balaban J connectivity index is 0.00000274. The van der Waals surface area contributed by atoms with Gasteiger partial charge in [-0.15, -0.1) is 0 Å². The number of nitrogens with zero attached hydrogens (tertiary/aromatic N) is 2. The summed E-state index contributed by atoms with van der Waals surface area (Å²) >= 11 is 6.48. The Hall–Kier alpha value is -2.53. The van der Waals surface area contributed by atoms with Gasteiger partial charge < -0.3 is 21.6 Å². The Morgan fingerprint density at radius 3 is 2.21 bits per heavy atom. The molecule has 1 amide bonds. The van der Waals surface area contributed by atoms with Crippen LogP contribution in [-0.2, 0) is 17.8 Å². The number of piperidine rings is 3. The topological polar surface area (TPSA) is 29.5 Å². The Morgan fingerprint density at radius 2 is 1.53 bits per heavy atom. The van der Waals surface area contributed by atoms with Gasteiger partial charge in [0.15, 0.2) is 6.10 Å². The number of hydrogen-bond donors (Lipinski definition) is 0. The van der Waals surface area contributed by atoms with Gasteiger partial charge in [-0.3, -0.25) is 4.90 Å². The molecule has 0 spiro atoms. The van der Waals surface area contributed by atoms with Crippen LogP contribution in [-0.4, -0.2) is 36.3 Å². The first-order valence-corrected chi connectivity index (χ1v) is 12.2. The van der Waals surface area contributed by atoms with Crippen molar-refractivity contribution < 1.29 is 26.4 Å².